The molecule has 1 aliphatic carbocycles. The topological polar surface area (TPSA) is 96.4 Å². The van der Waals surface area contributed by atoms with E-state index >= 15 is 0 Å². The number of anilines is 1. The van der Waals surface area contributed by atoms with Gasteiger partial charge in [-0.2, -0.15) is 5.10 Å². The summed E-state index contributed by atoms with van der Waals surface area (Å²) in [5, 5.41) is 18.5. The summed E-state index contributed by atoms with van der Waals surface area (Å²) in [6, 6.07) is 6.26. The van der Waals surface area contributed by atoms with Crippen molar-refractivity contribution in [3.63, 3.8) is 0 Å². The quantitative estimate of drug-likeness (QED) is 0.728. The molecule has 2 aliphatic rings. The molecule has 3 atom stereocenters. The first kappa shape index (κ1) is 19.0. The van der Waals surface area contributed by atoms with E-state index in [2.05, 4.69) is 10.4 Å². The zero-order valence-corrected chi connectivity index (χ0v) is 16.1. The summed E-state index contributed by atoms with van der Waals surface area (Å²) < 4.78 is 15.4. The lowest BCUT2D eigenvalue weighted by atomic mass is 9.79. The Morgan fingerprint density at radius 3 is 2.89 bits per heavy atom. The summed E-state index contributed by atoms with van der Waals surface area (Å²) in [6.07, 6.45) is 1.65. The molecule has 4 N–H and O–H groups in total. The molecule has 1 saturated carbocycles. The third-order valence-electron chi connectivity index (χ3n) is 5.65. The van der Waals surface area contributed by atoms with Crippen LogP contribution in [-0.2, 0) is 13.1 Å². The van der Waals surface area contributed by atoms with Crippen molar-refractivity contribution in [1.82, 2.24) is 14.7 Å². The summed E-state index contributed by atoms with van der Waals surface area (Å²) in [5.74, 6) is 0.171. The fourth-order valence-corrected chi connectivity index (χ4v) is 4.31. The maximum Gasteiger partial charge on any atom is 0.315 e. The Bertz CT molecular complexity index is 889. The van der Waals surface area contributed by atoms with Crippen LogP contribution in [0, 0.1) is 5.82 Å². The molecule has 0 spiro atoms. The van der Waals surface area contributed by atoms with Crippen molar-refractivity contribution in [3.8, 4) is 0 Å². The maximum atomic E-state index is 13.5. The molecule has 7 nitrogen and oxygen atoms in total. The second kappa shape index (κ2) is 7.60. The molecular weight excluding hydrogens is 385 g/mol. The largest absolute Gasteiger partial charge is 0.392 e. The Labute approximate surface area is 167 Å². The van der Waals surface area contributed by atoms with Gasteiger partial charge in [-0.1, -0.05) is 17.7 Å². The molecule has 1 aliphatic heterocycles. The highest BCUT2D eigenvalue weighted by atomic mass is 35.5. The fraction of sp³-hybridized carbons (Fsp3) is 0.474. The van der Waals surface area contributed by atoms with E-state index in [1.165, 1.54) is 6.07 Å². The predicted octanol–water partition coefficient (Wildman–Crippen LogP) is 2.68. The number of aromatic nitrogens is 2. The number of nitrogens with zero attached hydrogens (tertiary/aromatic N) is 3. The molecule has 1 fully saturated rings. The molecule has 1 aromatic carbocycles. The van der Waals surface area contributed by atoms with Crippen LogP contribution in [0.5, 0.6) is 0 Å². The van der Waals surface area contributed by atoms with Crippen molar-refractivity contribution in [2.24, 2.45) is 5.73 Å². The van der Waals surface area contributed by atoms with Gasteiger partial charge in [0.05, 0.1) is 29.9 Å². The van der Waals surface area contributed by atoms with Crippen LogP contribution in [0.4, 0.5) is 15.0 Å². The lowest BCUT2D eigenvalue weighted by molar-refractivity contribution is 0.101. The molecule has 4 rings (SSSR count). The number of halogens is 2. The van der Waals surface area contributed by atoms with Gasteiger partial charge in [-0.15, -0.1) is 0 Å². The molecule has 2 heterocycles. The highest BCUT2D eigenvalue weighted by Gasteiger charge is 2.31. The van der Waals surface area contributed by atoms with E-state index in [0.717, 1.165) is 23.5 Å². The minimum atomic E-state index is -0.487. The number of hydrogen-bond donors (Lipinski definition) is 3. The molecule has 28 heavy (non-hydrogen) atoms. The second-order valence-electron chi connectivity index (χ2n) is 7.51. The highest BCUT2D eigenvalue weighted by molar-refractivity contribution is 6.30. The normalized spacial score (nSPS) is 24.7. The number of nitrogens with one attached hydrogen (secondary N) is 1. The van der Waals surface area contributed by atoms with Crippen LogP contribution in [0.1, 0.15) is 36.4 Å². The van der Waals surface area contributed by atoms with E-state index in [1.54, 1.807) is 17.0 Å². The van der Waals surface area contributed by atoms with Gasteiger partial charge in [-0.05, 0) is 37.0 Å². The molecule has 150 valence electrons. The molecular formula is C19H23ClFN5O2. The smallest absolute Gasteiger partial charge is 0.315 e. The van der Waals surface area contributed by atoms with Crippen molar-refractivity contribution in [1.29, 1.82) is 0 Å². The summed E-state index contributed by atoms with van der Waals surface area (Å²) in [4.78, 5) is 13.0. The first-order valence-electron chi connectivity index (χ1n) is 9.41. The number of benzene rings is 1. The monoisotopic (exact) mass is 407 g/mol. The average Bonchev–Trinajstić information content (AvgIpc) is 3.07. The number of hydrogen-bond acceptors (Lipinski definition) is 4. The first-order valence-corrected chi connectivity index (χ1v) is 9.79. The van der Waals surface area contributed by atoms with Crippen LogP contribution in [0.15, 0.2) is 24.3 Å². The van der Waals surface area contributed by atoms with Crippen molar-refractivity contribution in [2.45, 2.75) is 50.4 Å². The number of rotatable bonds is 3. The number of aliphatic hydroxyl groups is 1. The number of nitrogens with two attached hydrogens (primary N) is 1. The van der Waals surface area contributed by atoms with Gasteiger partial charge in [0.15, 0.2) is 0 Å². The molecule has 0 bridgehead atoms. The maximum absolute atomic E-state index is 13.5. The Morgan fingerprint density at radius 2 is 2.14 bits per heavy atom. The molecule has 0 radical (unpaired) electrons. The molecule has 3 unspecified atom stereocenters. The van der Waals surface area contributed by atoms with E-state index in [9.17, 15) is 14.3 Å². The van der Waals surface area contributed by atoms with Crippen LogP contribution in [-0.4, -0.2) is 44.5 Å². The lowest BCUT2D eigenvalue weighted by Crippen LogP contribution is -2.41. The van der Waals surface area contributed by atoms with Crippen LogP contribution in [0.3, 0.4) is 0 Å². The lowest BCUT2D eigenvalue weighted by Gasteiger charge is -2.34. The number of amides is 2. The second-order valence-corrected chi connectivity index (χ2v) is 7.91. The van der Waals surface area contributed by atoms with Gasteiger partial charge < -0.3 is 21.1 Å². The standard InChI is InChI=1S/C19H23ClFN5O2/c20-15-7-11(1-3-16(15)21)14-8-12(2-4-17(14)27)23-18-9-13-10-25(19(22)28)5-6-26(13)24-18/h1,3,7,9,12,14,17,27H,2,4-6,8,10H2,(H2,22,28)(H,23,24). The number of carbonyl (C=O) groups is 1. The van der Waals surface area contributed by atoms with E-state index < -0.39 is 18.0 Å². The van der Waals surface area contributed by atoms with Crippen molar-refractivity contribution >= 4 is 23.4 Å². The van der Waals surface area contributed by atoms with E-state index in [4.69, 9.17) is 17.3 Å². The third kappa shape index (κ3) is 3.79. The number of carbonyl (C=O) groups excluding carboxylic acids is 1. The average molecular weight is 408 g/mol. The molecule has 2 aromatic rings. The van der Waals surface area contributed by atoms with E-state index in [-0.39, 0.29) is 17.0 Å². The van der Waals surface area contributed by atoms with Gasteiger partial charge in [0.2, 0.25) is 0 Å². The van der Waals surface area contributed by atoms with Crippen molar-refractivity contribution in [3.05, 3.63) is 46.4 Å². The van der Waals surface area contributed by atoms with Gasteiger partial charge in [0.1, 0.15) is 11.6 Å². The predicted molar refractivity (Wildman–Crippen MR) is 104 cm³/mol. The summed E-state index contributed by atoms with van der Waals surface area (Å²) in [6.45, 7) is 1.61. The van der Waals surface area contributed by atoms with Crippen molar-refractivity contribution < 1.29 is 14.3 Å². The highest BCUT2D eigenvalue weighted by Crippen LogP contribution is 2.36. The Balaban J connectivity index is 1.46. The van der Waals surface area contributed by atoms with Crippen LogP contribution < -0.4 is 11.1 Å². The van der Waals surface area contributed by atoms with Gasteiger partial charge in [0.25, 0.3) is 0 Å². The van der Waals surface area contributed by atoms with Crippen LogP contribution in [0.2, 0.25) is 5.02 Å². The number of aliphatic hydroxyl groups excluding tert-OH is 1. The summed E-state index contributed by atoms with van der Waals surface area (Å²) >= 11 is 5.92. The number of urea groups is 1. The Morgan fingerprint density at radius 1 is 1.32 bits per heavy atom. The van der Waals surface area contributed by atoms with E-state index in [0.29, 0.717) is 32.5 Å². The van der Waals surface area contributed by atoms with Crippen LogP contribution >= 0.6 is 11.6 Å². The van der Waals surface area contributed by atoms with Gasteiger partial charge in [0, 0.05) is 24.6 Å². The number of primary amides is 1. The third-order valence-corrected chi connectivity index (χ3v) is 5.94. The number of fused-ring (bicyclic) bond motifs is 1. The molecule has 2 amide bonds. The summed E-state index contributed by atoms with van der Waals surface area (Å²) in [7, 11) is 0. The fourth-order valence-electron chi connectivity index (χ4n) is 4.12. The zero-order chi connectivity index (χ0) is 19.8. The van der Waals surface area contributed by atoms with Crippen molar-refractivity contribution in [2.75, 3.05) is 11.9 Å². The molecule has 1 aromatic heterocycles. The van der Waals surface area contributed by atoms with Gasteiger partial charge in [-0.3, -0.25) is 4.68 Å². The minimum absolute atomic E-state index is 0.0700. The minimum Gasteiger partial charge on any atom is -0.392 e. The zero-order valence-electron chi connectivity index (χ0n) is 15.3. The Hall–Kier alpha value is -2.32. The molecule has 0 saturated heterocycles. The first-order chi connectivity index (χ1) is 13.4. The van der Waals surface area contributed by atoms with Gasteiger partial charge in [-0.25, -0.2) is 9.18 Å². The van der Waals surface area contributed by atoms with Gasteiger partial charge >= 0.3 is 6.03 Å². The summed E-state index contributed by atoms with van der Waals surface area (Å²) in [5.41, 5.74) is 7.14. The SMILES string of the molecule is NC(=O)N1CCn2nc(NC3CCC(O)C(c4ccc(F)c(Cl)c4)C3)cc2C1. The van der Waals surface area contributed by atoms with Crippen LogP contribution in [0.25, 0.3) is 0 Å². The molecule has 9 heteroatoms. The van der Waals surface area contributed by atoms with E-state index in [1.807, 2.05) is 10.7 Å². The Kier molecular flexibility index (Phi) is 5.16.